The molecule has 2 aromatic carbocycles. The summed E-state index contributed by atoms with van der Waals surface area (Å²) in [5, 5.41) is 9.97. The maximum absolute atomic E-state index is 13.5. The van der Waals surface area contributed by atoms with Crippen LogP contribution in [0.5, 0.6) is 5.75 Å². The van der Waals surface area contributed by atoms with Gasteiger partial charge in [0.15, 0.2) is 0 Å². The molecule has 21 heavy (non-hydrogen) atoms. The summed E-state index contributed by atoms with van der Waals surface area (Å²) < 4.78 is 19.0. The Labute approximate surface area is 121 Å². The van der Waals surface area contributed by atoms with Crippen LogP contribution in [0.4, 0.5) is 4.39 Å². The second-order valence-corrected chi connectivity index (χ2v) is 4.54. The van der Waals surface area contributed by atoms with E-state index in [2.05, 4.69) is 4.98 Å². The van der Waals surface area contributed by atoms with Crippen LogP contribution in [0, 0.1) is 17.1 Å². The summed E-state index contributed by atoms with van der Waals surface area (Å²) in [5.74, 6) is -0.318. The van der Waals surface area contributed by atoms with E-state index in [1.807, 2.05) is 36.4 Å². The lowest BCUT2D eigenvalue weighted by atomic mass is 10.1. The minimum atomic E-state index is -0.572. The van der Waals surface area contributed by atoms with Crippen LogP contribution >= 0.6 is 0 Å². The standard InChI is InChI=1S/C17H11FN2O/c18-15-4-1-5-17(14(15)10-19)21-11-12-6-7-16-13(9-12)3-2-8-20-16/h1-9H,11H2. The molecule has 0 aliphatic rings. The molecule has 0 amide bonds. The average Bonchev–Trinajstić information content (AvgIpc) is 2.52. The third kappa shape index (κ3) is 2.67. The first-order valence-electron chi connectivity index (χ1n) is 6.43. The molecule has 0 aliphatic heterocycles. The largest absolute Gasteiger partial charge is 0.487 e. The molecule has 0 saturated carbocycles. The fourth-order valence-corrected chi connectivity index (χ4v) is 2.11. The van der Waals surface area contributed by atoms with Gasteiger partial charge in [-0.25, -0.2) is 4.39 Å². The zero-order valence-corrected chi connectivity index (χ0v) is 11.1. The SMILES string of the molecule is N#Cc1c(F)cccc1OCc1ccc2ncccc2c1. The van der Waals surface area contributed by atoms with Gasteiger partial charge >= 0.3 is 0 Å². The summed E-state index contributed by atoms with van der Waals surface area (Å²) in [6.07, 6.45) is 1.74. The number of nitriles is 1. The fourth-order valence-electron chi connectivity index (χ4n) is 2.11. The van der Waals surface area contributed by atoms with Crippen molar-refractivity contribution in [1.29, 1.82) is 5.26 Å². The first-order chi connectivity index (χ1) is 10.3. The van der Waals surface area contributed by atoms with Crippen LogP contribution in [-0.4, -0.2) is 4.98 Å². The molecular formula is C17H11FN2O. The van der Waals surface area contributed by atoms with Crippen molar-refractivity contribution >= 4 is 10.9 Å². The topological polar surface area (TPSA) is 45.9 Å². The number of ether oxygens (including phenoxy) is 1. The third-order valence-corrected chi connectivity index (χ3v) is 3.15. The minimum Gasteiger partial charge on any atom is -0.487 e. The Kier molecular flexibility index (Phi) is 3.48. The van der Waals surface area contributed by atoms with E-state index in [1.54, 1.807) is 12.3 Å². The molecule has 0 aliphatic carbocycles. The van der Waals surface area contributed by atoms with Gasteiger partial charge in [-0.05, 0) is 35.9 Å². The molecule has 0 N–H and O–H groups in total. The number of hydrogen-bond acceptors (Lipinski definition) is 3. The molecule has 3 rings (SSSR count). The highest BCUT2D eigenvalue weighted by atomic mass is 19.1. The molecule has 102 valence electrons. The van der Waals surface area contributed by atoms with E-state index in [1.165, 1.54) is 12.1 Å². The first kappa shape index (κ1) is 13.1. The van der Waals surface area contributed by atoms with E-state index in [-0.39, 0.29) is 17.9 Å². The molecule has 3 nitrogen and oxygen atoms in total. The van der Waals surface area contributed by atoms with E-state index in [0.29, 0.717) is 0 Å². The van der Waals surface area contributed by atoms with E-state index < -0.39 is 5.82 Å². The lowest BCUT2D eigenvalue weighted by molar-refractivity contribution is 0.303. The molecule has 4 heteroatoms. The second-order valence-electron chi connectivity index (χ2n) is 4.54. The van der Waals surface area contributed by atoms with Crippen LogP contribution in [-0.2, 0) is 6.61 Å². The number of benzene rings is 2. The van der Waals surface area contributed by atoms with Gasteiger partial charge < -0.3 is 4.74 Å². The van der Waals surface area contributed by atoms with Crippen LogP contribution in [0.15, 0.2) is 54.7 Å². The Balaban J connectivity index is 1.84. The Morgan fingerprint density at radius 1 is 1.14 bits per heavy atom. The van der Waals surface area contributed by atoms with E-state index in [4.69, 9.17) is 10.00 Å². The molecule has 0 spiro atoms. The predicted octanol–water partition coefficient (Wildman–Crippen LogP) is 3.82. The number of nitrogens with zero attached hydrogens (tertiary/aromatic N) is 2. The van der Waals surface area contributed by atoms with Gasteiger partial charge in [-0.2, -0.15) is 5.26 Å². The van der Waals surface area contributed by atoms with Crippen LogP contribution in [0.3, 0.4) is 0 Å². The molecule has 0 atom stereocenters. The van der Waals surface area contributed by atoms with Crippen molar-refractivity contribution in [2.24, 2.45) is 0 Å². The van der Waals surface area contributed by atoms with E-state index >= 15 is 0 Å². The van der Waals surface area contributed by atoms with Gasteiger partial charge in [0.1, 0.15) is 29.8 Å². The van der Waals surface area contributed by atoms with Gasteiger partial charge in [-0.15, -0.1) is 0 Å². The first-order valence-corrected chi connectivity index (χ1v) is 6.43. The second kappa shape index (κ2) is 5.59. The summed E-state index contributed by atoms with van der Waals surface area (Å²) in [4.78, 5) is 4.25. The van der Waals surface area contributed by atoms with Crippen molar-refractivity contribution in [2.45, 2.75) is 6.61 Å². The maximum atomic E-state index is 13.5. The van der Waals surface area contributed by atoms with Crippen molar-refractivity contribution < 1.29 is 9.13 Å². The zero-order valence-electron chi connectivity index (χ0n) is 11.1. The third-order valence-electron chi connectivity index (χ3n) is 3.15. The zero-order chi connectivity index (χ0) is 14.7. The van der Waals surface area contributed by atoms with Crippen molar-refractivity contribution in [3.05, 3.63) is 71.7 Å². The fraction of sp³-hybridized carbons (Fsp3) is 0.0588. The number of halogens is 1. The van der Waals surface area contributed by atoms with Crippen molar-refractivity contribution in [2.75, 3.05) is 0 Å². The lowest BCUT2D eigenvalue weighted by Gasteiger charge is -2.09. The molecule has 0 saturated heterocycles. The summed E-state index contributed by atoms with van der Waals surface area (Å²) in [6.45, 7) is 0.267. The van der Waals surface area contributed by atoms with Gasteiger partial charge in [-0.1, -0.05) is 18.2 Å². The Hall–Kier alpha value is -2.93. The number of aromatic nitrogens is 1. The highest BCUT2D eigenvalue weighted by Gasteiger charge is 2.09. The van der Waals surface area contributed by atoms with Gasteiger partial charge in [-0.3, -0.25) is 4.98 Å². The molecule has 1 heterocycles. The lowest BCUT2D eigenvalue weighted by Crippen LogP contribution is -1.98. The summed E-state index contributed by atoms with van der Waals surface area (Å²) in [7, 11) is 0. The van der Waals surface area contributed by atoms with Crippen LogP contribution in [0.25, 0.3) is 10.9 Å². The molecule has 0 fully saturated rings. The van der Waals surface area contributed by atoms with Gasteiger partial charge in [0, 0.05) is 11.6 Å². The van der Waals surface area contributed by atoms with Crippen molar-refractivity contribution in [3.63, 3.8) is 0 Å². The van der Waals surface area contributed by atoms with Crippen LogP contribution in [0.2, 0.25) is 0 Å². The summed E-state index contributed by atoms with van der Waals surface area (Å²) in [5.41, 5.74) is 1.77. The Morgan fingerprint density at radius 2 is 2.05 bits per heavy atom. The predicted molar refractivity (Wildman–Crippen MR) is 77.2 cm³/mol. The average molecular weight is 278 g/mol. The molecular weight excluding hydrogens is 267 g/mol. The maximum Gasteiger partial charge on any atom is 0.144 e. The van der Waals surface area contributed by atoms with E-state index in [9.17, 15) is 4.39 Å². The molecule has 1 aromatic heterocycles. The highest BCUT2D eigenvalue weighted by Crippen LogP contribution is 2.22. The molecule has 0 unspecified atom stereocenters. The monoisotopic (exact) mass is 278 g/mol. The summed E-state index contributed by atoms with van der Waals surface area (Å²) >= 11 is 0. The molecule has 0 bridgehead atoms. The van der Waals surface area contributed by atoms with Gasteiger partial charge in [0.05, 0.1) is 5.52 Å². The molecule has 3 aromatic rings. The number of pyridine rings is 1. The van der Waals surface area contributed by atoms with Gasteiger partial charge in [0.25, 0.3) is 0 Å². The quantitative estimate of drug-likeness (QED) is 0.731. The number of rotatable bonds is 3. The van der Waals surface area contributed by atoms with Crippen molar-refractivity contribution in [3.8, 4) is 11.8 Å². The normalized spacial score (nSPS) is 10.3. The van der Waals surface area contributed by atoms with Crippen LogP contribution < -0.4 is 4.74 Å². The van der Waals surface area contributed by atoms with Crippen LogP contribution in [0.1, 0.15) is 11.1 Å². The molecule has 0 radical (unpaired) electrons. The highest BCUT2D eigenvalue weighted by molar-refractivity contribution is 5.78. The smallest absolute Gasteiger partial charge is 0.144 e. The Bertz CT molecular complexity index is 840. The van der Waals surface area contributed by atoms with E-state index in [0.717, 1.165) is 16.5 Å². The minimum absolute atomic E-state index is 0.0695. The van der Waals surface area contributed by atoms with Crippen molar-refractivity contribution in [1.82, 2.24) is 4.98 Å². The summed E-state index contributed by atoms with van der Waals surface area (Å²) in [6, 6.07) is 15.8. The Morgan fingerprint density at radius 3 is 2.90 bits per heavy atom. The number of fused-ring (bicyclic) bond motifs is 1. The van der Waals surface area contributed by atoms with Gasteiger partial charge in [0.2, 0.25) is 0 Å². The number of hydrogen-bond donors (Lipinski definition) is 0.